The molecule has 0 spiro atoms. The number of pyridine rings is 3. The highest BCUT2D eigenvalue weighted by Crippen LogP contribution is 2.33. The van der Waals surface area contributed by atoms with Gasteiger partial charge in [-0.2, -0.15) is 0 Å². The molecule has 2 atom stereocenters. The fraction of sp³-hybridized carbons (Fsp3) is 0.286. The van der Waals surface area contributed by atoms with Crippen molar-refractivity contribution in [3.63, 3.8) is 0 Å². The van der Waals surface area contributed by atoms with Gasteiger partial charge in [0.05, 0.1) is 33.2 Å². The Morgan fingerprint density at radius 1 is 0.889 bits per heavy atom. The quantitative estimate of drug-likeness (QED) is 0.645. The van der Waals surface area contributed by atoms with Crippen molar-refractivity contribution in [1.29, 1.82) is 0 Å². The van der Waals surface area contributed by atoms with Gasteiger partial charge in [0.2, 0.25) is 0 Å². The maximum atomic E-state index is 6.34. The van der Waals surface area contributed by atoms with Crippen molar-refractivity contribution in [3.05, 3.63) is 87.7 Å². The van der Waals surface area contributed by atoms with E-state index in [0.29, 0.717) is 16.5 Å². The molecule has 0 bridgehead atoms. The van der Waals surface area contributed by atoms with E-state index < -0.39 is 0 Å². The zero-order valence-corrected chi connectivity index (χ0v) is 16.3. The van der Waals surface area contributed by atoms with Crippen LogP contribution >= 0.6 is 23.2 Å². The molecule has 3 aromatic rings. The summed E-state index contributed by atoms with van der Waals surface area (Å²) in [5.74, 6) is 0. The fourth-order valence-electron chi connectivity index (χ4n) is 3.55. The Hall–Kier alpha value is -2.01. The molecule has 0 unspecified atom stereocenters. The van der Waals surface area contributed by atoms with E-state index in [1.807, 2.05) is 36.4 Å². The monoisotopic (exact) mass is 398 g/mol. The lowest BCUT2D eigenvalue weighted by atomic mass is 9.94. The minimum atomic E-state index is 0.146. The van der Waals surface area contributed by atoms with Crippen molar-refractivity contribution < 1.29 is 0 Å². The number of aromatic nitrogens is 3. The summed E-state index contributed by atoms with van der Waals surface area (Å²) < 4.78 is 0. The molecule has 1 fully saturated rings. The zero-order chi connectivity index (χ0) is 18.6. The number of hydrogen-bond acceptors (Lipinski definition) is 4. The third kappa shape index (κ3) is 4.29. The van der Waals surface area contributed by atoms with Gasteiger partial charge in [-0.25, -0.2) is 0 Å². The lowest BCUT2D eigenvalue weighted by Gasteiger charge is -2.31. The van der Waals surface area contributed by atoms with Crippen LogP contribution in [0.3, 0.4) is 0 Å². The third-order valence-corrected chi connectivity index (χ3v) is 5.54. The van der Waals surface area contributed by atoms with E-state index in [1.165, 1.54) is 0 Å². The predicted octanol–water partition coefficient (Wildman–Crippen LogP) is 5.33. The smallest absolute Gasteiger partial charge is 0.0759 e. The molecule has 4 rings (SSSR count). The molecule has 3 aromatic heterocycles. The van der Waals surface area contributed by atoms with Gasteiger partial charge in [0.15, 0.2) is 0 Å². The van der Waals surface area contributed by atoms with Gasteiger partial charge in [-0.1, -0.05) is 29.3 Å². The van der Waals surface area contributed by atoms with Gasteiger partial charge in [0.1, 0.15) is 0 Å². The summed E-state index contributed by atoms with van der Waals surface area (Å²) in [6.45, 7) is 0. The van der Waals surface area contributed by atoms with Gasteiger partial charge in [0, 0.05) is 30.6 Å². The summed E-state index contributed by atoms with van der Waals surface area (Å²) in [4.78, 5) is 13.7. The number of rotatable bonds is 4. The Morgan fingerprint density at radius 3 is 2.48 bits per heavy atom. The Bertz CT molecular complexity index is 931. The summed E-state index contributed by atoms with van der Waals surface area (Å²) in [6.07, 6.45) is 7.35. The molecule has 4 nitrogen and oxygen atoms in total. The van der Waals surface area contributed by atoms with Crippen LogP contribution < -0.4 is 5.32 Å². The van der Waals surface area contributed by atoms with Gasteiger partial charge in [-0.3, -0.25) is 15.0 Å². The Morgan fingerprint density at radius 2 is 1.67 bits per heavy atom. The summed E-state index contributed by atoms with van der Waals surface area (Å²) >= 11 is 12.6. The van der Waals surface area contributed by atoms with Crippen LogP contribution in [0.1, 0.15) is 54.1 Å². The molecule has 1 saturated heterocycles. The largest absolute Gasteiger partial charge is 0.300 e. The van der Waals surface area contributed by atoms with Crippen LogP contribution in [-0.2, 0) is 6.42 Å². The number of halogens is 2. The molecular weight excluding hydrogens is 379 g/mol. The Balaban J connectivity index is 1.53. The molecule has 1 N–H and O–H groups in total. The fourth-order valence-corrected chi connectivity index (χ4v) is 3.99. The van der Waals surface area contributed by atoms with Crippen molar-refractivity contribution in [2.24, 2.45) is 0 Å². The molecular formula is C21H20Cl2N4. The van der Waals surface area contributed by atoms with Crippen LogP contribution in [0.5, 0.6) is 0 Å². The molecule has 1 aliphatic rings. The van der Waals surface area contributed by atoms with Crippen molar-refractivity contribution in [1.82, 2.24) is 20.3 Å². The molecule has 1 aliphatic heterocycles. The summed E-state index contributed by atoms with van der Waals surface area (Å²) in [7, 11) is 0. The SMILES string of the molecule is Clc1cccnc1Cc1cccc([C@H]2CCC[C@@H](c3ncccc3Cl)N2)n1. The molecule has 138 valence electrons. The normalized spacial score (nSPS) is 19.8. The molecule has 6 heteroatoms. The van der Waals surface area contributed by atoms with Gasteiger partial charge in [-0.05, 0) is 55.7 Å². The second kappa shape index (κ2) is 8.34. The lowest BCUT2D eigenvalue weighted by Crippen LogP contribution is -2.32. The van der Waals surface area contributed by atoms with Crippen LogP contribution in [0.15, 0.2) is 54.9 Å². The summed E-state index contributed by atoms with van der Waals surface area (Å²) in [5, 5.41) is 5.06. The minimum absolute atomic E-state index is 0.146. The van der Waals surface area contributed by atoms with E-state index in [-0.39, 0.29) is 12.1 Å². The van der Waals surface area contributed by atoms with E-state index in [0.717, 1.165) is 42.0 Å². The second-order valence-electron chi connectivity index (χ2n) is 6.74. The Labute approximate surface area is 169 Å². The zero-order valence-electron chi connectivity index (χ0n) is 14.8. The van der Waals surface area contributed by atoms with Gasteiger partial charge in [-0.15, -0.1) is 0 Å². The standard InChI is InChI=1S/C21H20Cl2N4/c22-15-6-3-11-24-20(15)13-14-5-1-8-17(26-14)18-9-2-10-19(27-18)21-16(23)7-4-12-25-21/h1,3-8,11-12,18-19,27H,2,9-10,13H2/t18-,19+/m1/s1. The van der Waals surface area contributed by atoms with Crippen LogP contribution in [-0.4, -0.2) is 15.0 Å². The molecule has 0 radical (unpaired) electrons. The summed E-state index contributed by atoms with van der Waals surface area (Å²) in [5.41, 5.74) is 3.77. The Kier molecular flexibility index (Phi) is 5.67. The predicted molar refractivity (Wildman–Crippen MR) is 108 cm³/mol. The number of hydrogen-bond donors (Lipinski definition) is 1. The summed E-state index contributed by atoms with van der Waals surface area (Å²) in [6, 6.07) is 13.9. The van der Waals surface area contributed by atoms with Crippen molar-refractivity contribution in [2.45, 2.75) is 37.8 Å². The first-order chi connectivity index (χ1) is 13.2. The average molecular weight is 399 g/mol. The van der Waals surface area contributed by atoms with Crippen LogP contribution in [0.2, 0.25) is 10.0 Å². The minimum Gasteiger partial charge on any atom is -0.300 e. The van der Waals surface area contributed by atoms with Crippen molar-refractivity contribution in [2.75, 3.05) is 0 Å². The lowest BCUT2D eigenvalue weighted by molar-refractivity contribution is 0.321. The molecule has 0 amide bonds. The molecule has 0 aromatic carbocycles. The first-order valence-electron chi connectivity index (χ1n) is 9.12. The molecule has 4 heterocycles. The first-order valence-corrected chi connectivity index (χ1v) is 9.88. The molecule has 0 aliphatic carbocycles. The highest BCUT2D eigenvalue weighted by atomic mass is 35.5. The second-order valence-corrected chi connectivity index (χ2v) is 7.55. The molecule has 0 saturated carbocycles. The van der Waals surface area contributed by atoms with E-state index in [9.17, 15) is 0 Å². The number of piperidine rings is 1. The van der Waals surface area contributed by atoms with Crippen molar-refractivity contribution >= 4 is 23.2 Å². The first kappa shape index (κ1) is 18.4. The van der Waals surface area contributed by atoms with Gasteiger partial charge < -0.3 is 5.32 Å². The van der Waals surface area contributed by atoms with Crippen LogP contribution in [0, 0.1) is 0 Å². The maximum Gasteiger partial charge on any atom is 0.0759 e. The van der Waals surface area contributed by atoms with Gasteiger partial charge in [0.25, 0.3) is 0 Å². The van der Waals surface area contributed by atoms with Crippen LogP contribution in [0.25, 0.3) is 0 Å². The van der Waals surface area contributed by atoms with E-state index in [1.54, 1.807) is 12.4 Å². The van der Waals surface area contributed by atoms with E-state index >= 15 is 0 Å². The topological polar surface area (TPSA) is 50.7 Å². The number of nitrogens with one attached hydrogen (secondary N) is 1. The number of nitrogens with zero attached hydrogens (tertiary/aromatic N) is 3. The highest BCUT2D eigenvalue weighted by molar-refractivity contribution is 6.31. The molecule has 27 heavy (non-hydrogen) atoms. The third-order valence-electron chi connectivity index (χ3n) is 4.87. The van der Waals surface area contributed by atoms with E-state index in [2.05, 4.69) is 21.4 Å². The van der Waals surface area contributed by atoms with Crippen molar-refractivity contribution in [3.8, 4) is 0 Å². The average Bonchev–Trinajstić information content (AvgIpc) is 2.70. The highest BCUT2D eigenvalue weighted by Gasteiger charge is 2.26. The maximum absolute atomic E-state index is 6.34. The van der Waals surface area contributed by atoms with E-state index in [4.69, 9.17) is 28.2 Å². The van der Waals surface area contributed by atoms with Gasteiger partial charge >= 0.3 is 0 Å². The van der Waals surface area contributed by atoms with Crippen LogP contribution in [0.4, 0.5) is 0 Å².